The molecule has 43 heavy (non-hydrogen) atoms. The summed E-state index contributed by atoms with van der Waals surface area (Å²) in [4.78, 5) is 30.1. The maximum atomic E-state index is 14.5. The lowest BCUT2D eigenvalue weighted by atomic mass is 9.89. The largest absolute Gasteiger partial charge is 0.494 e. The van der Waals surface area contributed by atoms with Crippen LogP contribution in [0.3, 0.4) is 0 Å². The van der Waals surface area contributed by atoms with E-state index in [0.29, 0.717) is 0 Å². The van der Waals surface area contributed by atoms with Gasteiger partial charge in [0, 0.05) is 56.3 Å². The molecule has 0 radical (unpaired) electrons. The van der Waals surface area contributed by atoms with E-state index in [-0.39, 0.29) is 61.0 Å². The average Bonchev–Trinajstić information content (AvgIpc) is 2.94. The van der Waals surface area contributed by atoms with Crippen LogP contribution in [0.2, 0.25) is 0 Å². The first-order chi connectivity index (χ1) is 20.4. The van der Waals surface area contributed by atoms with Gasteiger partial charge in [0.05, 0.1) is 43.7 Å². The van der Waals surface area contributed by atoms with E-state index in [9.17, 15) is 31.5 Å². The summed E-state index contributed by atoms with van der Waals surface area (Å²) in [5, 5.41) is 14.0. The minimum Gasteiger partial charge on any atom is -0.494 e. The number of benzene rings is 1. The summed E-state index contributed by atoms with van der Waals surface area (Å²) in [6.45, 7) is -1.10. The fourth-order valence-electron chi connectivity index (χ4n) is 4.48. The molecule has 1 saturated heterocycles. The maximum Gasteiger partial charge on any atom is 0.401 e. The third kappa shape index (κ3) is 8.47. The van der Waals surface area contributed by atoms with Gasteiger partial charge in [-0.15, -0.1) is 0 Å². The lowest BCUT2D eigenvalue weighted by molar-refractivity contribution is -0.155. The van der Waals surface area contributed by atoms with Gasteiger partial charge in [-0.3, -0.25) is 19.5 Å². The first-order valence-corrected chi connectivity index (χ1v) is 13.1. The molecule has 0 spiro atoms. The molecular weight excluding hydrogens is 575 g/mol. The van der Waals surface area contributed by atoms with E-state index in [1.54, 1.807) is 24.3 Å². The van der Waals surface area contributed by atoms with Crippen LogP contribution in [0.1, 0.15) is 16.8 Å². The number of methoxy groups -OCH3 is 1. The van der Waals surface area contributed by atoms with E-state index in [2.05, 4.69) is 15.6 Å². The van der Waals surface area contributed by atoms with Gasteiger partial charge in [-0.2, -0.15) is 13.2 Å². The van der Waals surface area contributed by atoms with Crippen LogP contribution < -0.4 is 20.9 Å². The maximum absolute atomic E-state index is 14.5. The third-order valence-corrected chi connectivity index (χ3v) is 6.74. The smallest absolute Gasteiger partial charge is 0.401 e. The Morgan fingerprint density at radius 2 is 1.79 bits per heavy atom. The molecule has 1 aromatic carbocycles. The topological polar surface area (TPSA) is 112 Å². The average molecular weight is 605 g/mol. The summed E-state index contributed by atoms with van der Waals surface area (Å²) in [7, 11) is 1.29. The van der Waals surface area contributed by atoms with Crippen molar-refractivity contribution in [3.63, 3.8) is 0 Å². The van der Waals surface area contributed by atoms with Crippen LogP contribution in [0.4, 0.5) is 22.0 Å². The third-order valence-electron chi connectivity index (χ3n) is 6.74. The van der Waals surface area contributed by atoms with Gasteiger partial charge >= 0.3 is 6.18 Å². The van der Waals surface area contributed by atoms with Crippen LogP contribution in [0.25, 0.3) is 0 Å². The Morgan fingerprint density at radius 3 is 2.47 bits per heavy atom. The quantitative estimate of drug-likeness (QED) is 0.166. The second kappa shape index (κ2) is 13.6. The zero-order chi connectivity index (χ0) is 31.1. The number of likely N-dealkylation sites (tertiary alicyclic amines) is 1. The number of rotatable bonds is 12. The zero-order valence-electron chi connectivity index (χ0n) is 23.0. The van der Waals surface area contributed by atoms with Crippen molar-refractivity contribution in [2.24, 2.45) is 5.92 Å². The van der Waals surface area contributed by atoms with Crippen LogP contribution in [0.15, 0.2) is 71.4 Å². The molecule has 0 unspecified atom stereocenters. The first-order valence-electron chi connectivity index (χ1n) is 13.1. The summed E-state index contributed by atoms with van der Waals surface area (Å²) < 4.78 is 72.3. The number of amides is 1. The Morgan fingerprint density at radius 1 is 1.09 bits per heavy atom. The second-order valence-electron chi connectivity index (χ2n) is 9.95. The molecule has 0 saturated carbocycles. The Labute approximate surface area is 243 Å². The molecule has 3 heterocycles. The molecule has 0 bridgehead atoms. The van der Waals surface area contributed by atoms with Crippen LogP contribution in [0.5, 0.6) is 5.75 Å². The summed E-state index contributed by atoms with van der Waals surface area (Å²) in [5.41, 5.74) is 0.831. The number of ether oxygens (including phenoxy) is 1. The number of hydrogen-bond donors (Lipinski definition) is 3. The van der Waals surface area contributed by atoms with Crippen molar-refractivity contribution in [3.05, 3.63) is 105 Å². The minimum absolute atomic E-state index is 0.0368. The number of alkyl halides is 3. The van der Waals surface area contributed by atoms with Crippen molar-refractivity contribution in [3.8, 4) is 5.75 Å². The molecule has 1 amide bonds. The van der Waals surface area contributed by atoms with Crippen LogP contribution >= 0.6 is 0 Å². The summed E-state index contributed by atoms with van der Waals surface area (Å²) in [6.07, 6.45) is -0.636. The van der Waals surface area contributed by atoms with Crippen molar-refractivity contribution < 1.29 is 31.5 Å². The van der Waals surface area contributed by atoms with E-state index >= 15 is 0 Å². The number of nitrogens with zero attached hydrogens (tertiary/aromatic N) is 3. The number of aromatic nitrogens is 2. The molecule has 9 nitrogen and oxygen atoms in total. The predicted octanol–water partition coefficient (Wildman–Crippen LogP) is 3.38. The van der Waals surface area contributed by atoms with E-state index in [4.69, 9.17) is 10.1 Å². The molecular formula is C29H29F5N6O3. The van der Waals surface area contributed by atoms with Crippen molar-refractivity contribution in [1.82, 2.24) is 25.1 Å². The van der Waals surface area contributed by atoms with Crippen molar-refractivity contribution >= 4 is 11.6 Å². The lowest BCUT2D eigenvalue weighted by Gasteiger charge is -2.40. The van der Waals surface area contributed by atoms with Gasteiger partial charge in [0.1, 0.15) is 5.82 Å². The van der Waals surface area contributed by atoms with E-state index in [1.165, 1.54) is 30.1 Å². The Balaban J connectivity index is 1.43. The Bertz CT molecular complexity index is 1550. The number of hydrogen-bond acceptors (Lipinski definition) is 7. The highest BCUT2D eigenvalue weighted by Crippen LogP contribution is 2.26. The highest BCUT2D eigenvalue weighted by molar-refractivity contribution is 6.21. The van der Waals surface area contributed by atoms with Crippen LogP contribution in [-0.2, 0) is 24.4 Å². The zero-order valence-corrected chi connectivity index (χ0v) is 23.0. The molecule has 3 N–H and O–H groups in total. The summed E-state index contributed by atoms with van der Waals surface area (Å²) >= 11 is 0. The fraction of sp³-hybridized carbons (Fsp3) is 0.310. The van der Waals surface area contributed by atoms with Crippen LogP contribution in [0, 0.1) is 23.0 Å². The minimum atomic E-state index is -4.37. The molecule has 1 aliphatic rings. The predicted molar refractivity (Wildman–Crippen MR) is 147 cm³/mol. The number of carbonyl (C=O) groups excluding carboxylic acids is 1. The number of nitrogens with one attached hydrogen (secondary N) is 3. The molecule has 0 aliphatic carbocycles. The molecule has 0 atom stereocenters. The number of halogens is 5. The van der Waals surface area contributed by atoms with Gasteiger partial charge in [-0.25, -0.2) is 8.78 Å². The van der Waals surface area contributed by atoms with Crippen molar-refractivity contribution in [2.45, 2.75) is 25.8 Å². The standard InChI is InChI=1S/C29H29F5N6O3/c1-43-24-8-9-37-23(26(24)31)12-38-28(42)22(27(35)20-14-39(15-20)17-29(32,33)34)11-36-10-18-2-4-19(5-3-18)13-40-16-21(30)6-7-25(40)41/h2-9,11,16,20,35-36H,10,12-15,17H2,1H3,(H,38,42)/b22-11+,35-27?. The van der Waals surface area contributed by atoms with Gasteiger partial charge in [0.2, 0.25) is 0 Å². The van der Waals surface area contributed by atoms with Crippen molar-refractivity contribution in [2.75, 3.05) is 26.7 Å². The Kier molecular flexibility index (Phi) is 9.91. The van der Waals surface area contributed by atoms with E-state index in [1.807, 2.05) is 0 Å². The highest BCUT2D eigenvalue weighted by Gasteiger charge is 2.39. The molecule has 228 valence electrons. The lowest BCUT2D eigenvalue weighted by Crippen LogP contribution is -2.54. The van der Waals surface area contributed by atoms with Gasteiger partial charge in [-0.1, -0.05) is 24.3 Å². The molecule has 3 aromatic rings. The Hall–Kier alpha value is -4.59. The first kappa shape index (κ1) is 31.3. The monoisotopic (exact) mass is 604 g/mol. The fourth-order valence-corrected chi connectivity index (χ4v) is 4.48. The molecule has 1 aliphatic heterocycles. The van der Waals surface area contributed by atoms with Gasteiger partial charge < -0.3 is 25.3 Å². The SMILES string of the molecule is COc1ccnc(CNC(=O)/C(=C/NCc2ccc(Cn3cc(F)ccc3=O)cc2)C(=N)C2CN(CC(F)(F)F)C2)c1F. The van der Waals surface area contributed by atoms with Gasteiger partial charge in [0.25, 0.3) is 11.5 Å². The van der Waals surface area contributed by atoms with E-state index in [0.717, 1.165) is 34.4 Å². The number of carbonyl (C=O) groups is 1. The van der Waals surface area contributed by atoms with Gasteiger partial charge in [0.15, 0.2) is 11.6 Å². The van der Waals surface area contributed by atoms with E-state index < -0.39 is 36.2 Å². The number of pyridine rings is 2. The molecule has 2 aromatic heterocycles. The highest BCUT2D eigenvalue weighted by atomic mass is 19.4. The molecule has 4 rings (SSSR count). The van der Waals surface area contributed by atoms with Crippen molar-refractivity contribution in [1.29, 1.82) is 5.41 Å². The normalized spacial score (nSPS) is 14.2. The molecule has 1 fully saturated rings. The molecule has 14 heteroatoms. The second-order valence-corrected chi connectivity index (χ2v) is 9.95. The van der Waals surface area contributed by atoms with Gasteiger partial charge in [-0.05, 0) is 17.2 Å². The summed E-state index contributed by atoms with van der Waals surface area (Å²) in [5.74, 6) is -2.67. The van der Waals surface area contributed by atoms with Crippen LogP contribution in [-0.4, -0.2) is 59.0 Å². The summed E-state index contributed by atoms with van der Waals surface area (Å²) in [6, 6.07) is 10.6.